The van der Waals surface area contributed by atoms with E-state index in [0.29, 0.717) is 17.0 Å². The number of hydrogen-bond donors (Lipinski definition) is 0. The Kier molecular flexibility index (Phi) is 5.39. The number of halogens is 1. The highest BCUT2D eigenvalue weighted by Crippen LogP contribution is 2.30. The molecule has 0 aliphatic rings. The second-order valence-corrected chi connectivity index (χ2v) is 7.88. The van der Waals surface area contributed by atoms with Crippen molar-refractivity contribution in [2.45, 2.75) is 26.3 Å². The minimum atomic E-state index is -0.0303. The van der Waals surface area contributed by atoms with Gasteiger partial charge in [0.15, 0.2) is 5.65 Å². The lowest BCUT2D eigenvalue weighted by Crippen LogP contribution is -2.23. The first kappa shape index (κ1) is 19.6. The molecule has 0 N–H and O–H groups in total. The van der Waals surface area contributed by atoms with E-state index in [1.807, 2.05) is 50.6 Å². The number of aromatic nitrogens is 4. The predicted octanol–water partition coefficient (Wildman–Crippen LogP) is 3.88. The van der Waals surface area contributed by atoms with Crippen LogP contribution in [0.15, 0.2) is 47.5 Å². The van der Waals surface area contributed by atoms with Gasteiger partial charge in [-0.15, -0.1) is 0 Å². The lowest BCUT2D eigenvalue weighted by molar-refractivity contribution is 0.385. The summed E-state index contributed by atoms with van der Waals surface area (Å²) in [6, 6.07) is 9.65. The van der Waals surface area contributed by atoms with Crippen molar-refractivity contribution in [2.24, 2.45) is 0 Å². The van der Waals surface area contributed by atoms with Crippen molar-refractivity contribution < 1.29 is 0 Å². The first-order chi connectivity index (χ1) is 14.0. The molecule has 0 amide bonds. The molecule has 7 heteroatoms. The van der Waals surface area contributed by atoms with Crippen LogP contribution in [0, 0.1) is 0 Å². The van der Waals surface area contributed by atoms with Gasteiger partial charge >= 0.3 is 0 Å². The van der Waals surface area contributed by atoms with Gasteiger partial charge in [-0.25, -0.2) is 9.50 Å². The Morgan fingerprint density at radius 1 is 1.14 bits per heavy atom. The first-order valence-corrected chi connectivity index (χ1v) is 10.2. The molecule has 1 aromatic carbocycles. The fraction of sp³-hybridized carbons (Fsp3) is 0.318. The molecule has 6 nitrogen and oxygen atoms in total. The SMILES string of the molecule is CCc1nn2c(ncc3c(=O)n(CCCN(C)C)ccc32)c1-c1ccc(Cl)cc1. The fourth-order valence-electron chi connectivity index (χ4n) is 3.65. The number of pyridine rings is 1. The van der Waals surface area contributed by atoms with Gasteiger partial charge in [-0.3, -0.25) is 4.79 Å². The van der Waals surface area contributed by atoms with Crippen LogP contribution in [0.25, 0.3) is 27.7 Å². The third-order valence-corrected chi connectivity index (χ3v) is 5.38. The quantitative estimate of drug-likeness (QED) is 0.485. The van der Waals surface area contributed by atoms with Crippen molar-refractivity contribution >= 4 is 28.2 Å². The zero-order chi connectivity index (χ0) is 20.5. The number of benzene rings is 1. The maximum absolute atomic E-state index is 13.0. The van der Waals surface area contributed by atoms with Gasteiger partial charge in [0.1, 0.15) is 0 Å². The summed E-state index contributed by atoms with van der Waals surface area (Å²) in [4.78, 5) is 19.7. The Morgan fingerprint density at radius 2 is 1.90 bits per heavy atom. The van der Waals surface area contributed by atoms with Crippen molar-refractivity contribution in [1.82, 2.24) is 24.1 Å². The Bertz CT molecular complexity index is 1220. The third kappa shape index (κ3) is 3.66. The van der Waals surface area contributed by atoms with E-state index in [1.54, 1.807) is 15.3 Å². The number of nitrogens with zero attached hydrogens (tertiary/aromatic N) is 5. The summed E-state index contributed by atoms with van der Waals surface area (Å²) in [7, 11) is 4.07. The number of hydrogen-bond acceptors (Lipinski definition) is 4. The molecule has 0 radical (unpaired) electrons. The average molecular weight is 410 g/mol. The lowest BCUT2D eigenvalue weighted by Gasteiger charge is -2.11. The number of aryl methyl sites for hydroxylation is 2. The van der Waals surface area contributed by atoms with Crippen molar-refractivity contribution in [1.29, 1.82) is 0 Å². The third-order valence-electron chi connectivity index (χ3n) is 5.13. The zero-order valence-corrected chi connectivity index (χ0v) is 17.6. The van der Waals surface area contributed by atoms with Crippen LogP contribution in [0.1, 0.15) is 19.0 Å². The molecule has 3 heterocycles. The molecule has 0 aliphatic heterocycles. The van der Waals surface area contributed by atoms with Gasteiger partial charge in [-0.05, 0) is 57.2 Å². The Hall–Kier alpha value is -2.70. The second-order valence-electron chi connectivity index (χ2n) is 7.45. The van der Waals surface area contributed by atoms with Crippen molar-refractivity contribution in [3.8, 4) is 11.1 Å². The van der Waals surface area contributed by atoms with E-state index in [0.717, 1.165) is 47.4 Å². The number of fused-ring (bicyclic) bond motifs is 3. The summed E-state index contributed by atoms with van der Waals surface area (Å²) in [5.41, 5.74) is 4.45. The minimum Gasteiger partial charge on any atom is -0.315 e. The van der Waals surface area contributed by atoms with Gasteiger partial charge in [0.2, 0.25) is 0 Å². The van der Waals surface area contributed by atoms with Gasteiger partial charge in [0, 0.05) is 29.5 Å². The molecule has 0 saturated heterocycles. The van der Waals surface area contributed by atoms with Crippen molar-refractivity contribution in [2.75, 3.05) is 20.6 Å². The van der Waals surface area contributed by atoms with Crippen LogP contribution in [0.4, 0.5) is 0 Å². The predicted molar refractivity (Wildman–Crippen MR) is 118 cm³/mol. The Balaban J connectivity index is 1.85. The monoisotopic (exact) mass is 409 g/mol. The molecule has 29 heavy (non-hydrogen) atoms. The Labute approximate surface area is 174 Å². The normalized spacial score (nSPS) is 11.8. The van der Waals surface area contributed by atoms with Crippen LogP contribution in [0.2, 0.25) is 5.02 Å². The minimum absolute atomic E-state index is 0.0303. The maximum atomic E-state index is 13.0. The maximum Gasteiger partial charge on any atom is 0.261 e. The van der Waals surface area contributed by atoms with Gasteiger partial charge < -0.3 is 9.47 Å². The van der Waals surface area contributed by atoms with E-state index >= 15 is 0 Å². The molecule has 0 atom stereocenters. The van der Waals surface area contributed by atoms with Gasteiger partial charge in [0.25, 0.3) is 5.56 Å². The summed E-state index contributed by atoms with van der Waals surface area (Å²) in [6.07, 6.45) is 5.21. The van der Waals surface area contributed by atoms with Crippen LogP contribution in [-0.4, -0.2) is 44.7 Å². The van der Waals surface area contributed by atoms with Gasteiger partial charge in [-0.2, -0.15) is 5.10 Å². The average Bonchev–Trinajstić information content (AvgIpc) is 3.09. The molecule has 0 unspecified atom stereocenters. The largest absolute Gasteiger partial charge is 0.315 e. The van der Waals surface area contributed by atoms with E-state index < -0.39 is 0 Å². The lowest BCUT2D eigenvalue weighted by atomic mass is 10.0. The molecular formula is C22H24ClN5O. The molecular weight excluding hydrogens is 386 g/mol. The summed E-state index contributed by atoms with van der Waals surface area (Å²) in [6.45, 7) is 3.69. The van der Waals surface area contributed by atoms with E-state index in [1.165, 1.54) is 0 Å². The molecule has 4 rings (SSSR count). The van der Waals surface area contributed by atoms with Crippen LogP contribution >= 0.6 is 11.6 Å². The molecule has 0 aliphatic carbocycles. The highest BCUT2D eigenvalue weighted by atomic mass is 35.5. The van der Waals surface area contributed by atoms with Crippen LogP contribution in [0.5, 0.6) is 0 Å². The highest BCUT2D eigenvalue weighted by Gasteiger charge is 2.17. The standard InChI is InChI=1S/C22H24ClN5O/c1-4-18-20(15-6-8-16(23)9-7-15)21-24-14-17-19(28(21)25-18)10-13-27(22(17)29)12-5-11-26(2)3/h6-10,13-14H,4-5,11-12H2,1-3H3. The molecule has 3 aromatic heterocycles. The first-order valence-electron chi connectivity index (χ1n) is 9.80. The van der Waals surface area contributed by atoms with E-state index in [9.17, 15) is 4.79 Å². The molecule has 0 fully saturated rings. The molecule has 0 saturated carbocycles. The smallest absolute Gasteiger partial charge is 0.261 e. The summed E-state index contributed by atoms with van der Waals surface area (Å²) in [5.74, 6) is 0. The highest BCUT2D eigenvalue weighted by molar-refractivity contribution is 6.30. The van der Waals surface area contributed by atoms with Crippen LogP contribution < -0.4 is 5.56 Å². The molecule has 150 valence electrons. The summed E-state index contributed by atoms with van der Waals surface area (Å²) in [5, 5.41) is 6.05. The van der Waals surface area contributed by atoms with E-state index in [4.69, 9.17) is 16.7 Å². The van der Waals surface area contributed by atoms with Crippen LogP contribution in [0.3, 0.4) is 0 Å². The van der Waals surface area contributed by atoms with Crippen molar-refractivity contribution in [3.05, 3.63) is 63.8 Å². The number of rotatable bonds is 6. The second kappa shape index (κ2) is 7.97. The topological polar surface area (TPSA) is 55.4 Å². The van der Waals surface area contributed by atoms with Gasteiger partial charge in [-0.1, -0.05) is 30.7 Å². The van der Waals surface area contributed by atoms with Gasteiger partial charge in [0.05, 0.1) is 16.6 Å². The summed E-state index contributed by atoms with van der Waals surface area (Å²) < 4.78 is 3.55. The van der Waals surface area contributed by atoms with E-state index in [-0.39, 0.29) is 5.56 Å². The van der Waals surface area contributed by atoms with Crippen molar-refractivity contribution in [3.63, 3.8) is 0 Å². The molecule has 0 spiro atoms. The summed E-state index contributed by atoms with van der Waals surface area (Å²) >= 11 is 6.05. The Morgan fingerprint density at radius 3 is 2.59 bits per heavy atom. The molecule has 0 bridgehead atoms. The van der Waals surface area contributed by atoms with E-state index in [2.05, 4.69) is 16.8 Å². The zero-order valence-electron chi connectivity index (χ0n) is 16.9. The molecule has 4 aromatic rings. The van der Waals surface area contributed by atoms with Crippen LogP contribution in [-0.2, 0) is 13.0 Å². The fourth-order valence-corrected chi connectivity index (χ4v) is 3.77.